The van der Waals surface area contributed by atoms with Crippen molar-refractivity contribution in [1.29, 1.82) is 0 Å². The van der Waals surface area contributed by atoms with Gasteiger partial charge in [0.25, 0.3) is 0 Å². The zero-order valence-electron chi connectivity index (χ0n) is 11.0. The lowest BCUT2D eigenvalue weighted by atomic mass is 9.75. The van der Waals surface area contributed by atoms with Gasteiger partial charge in [-0.1, -0.05) is 11.6 Å². The number of hydrogen-bond acceptors (Lipinski definition) is 4. The quantitative estimate of drug-likeness (QED) is 0.884. The Morgan fingerprint density at radius 1 is 1.30 bits per heavy atom. The van der Waals surface area contributed by atoms with Crippen molar-refractivity contribution < 1.29 is 13.9 Å². The van der Waals surface area contributed by atoms with Crippen molar-refractivity contribution in [3.63, 3.8) is 0 Å². The highest BCUT2D eigenvalue weighted by molar-refractivity contribution is 6.31. The lowest BCUT2D eigenvalue weighted by molar-refractivity contribution is 0.0185. The number of Topliss-reactive ketones (excluding diaryl/α,β-unsaturated/α-hetero) is 1. The smallest absolute Gasteiger partial charge is 0.205 e. The first-order valence-electron chi connectivity index (χ1n) is 6.66. The van der Waals surface area contributed by atoms with E-state index in [0.717, 1.165) is 5.39 Å². The van der Waals surface area contributed by atoms with E-state index in [9.17, 15) is 4.79 Å². The van der Waals surface area contributed by atoms with Gasteiger partial charge in [-0.15, -0.1) is 0 Å². The van der Waals surface area contributed by atoms with E-state index in [1.54, 1.807) is 24.3 Å². The van der Waals surface area contributed by atoms with Crippen LogP contribution in [0.25, 0.3) is 11.0 Å². The number of ether oxygens (including phenoxy) is 1. The Bertz CT molecular complexity index is 644. The Labute approximate surface area is 121 Å². The summed E-state index contributed by atoms with van der Waals surface area (Å²) in [5.41, 5.74) is 5.96. The number of furan rings is 1. The predicted molar refractivity (Wildman–Crippen MR) is 77.1 cm³/mol. The average molecular weight is 294 g/mol. The van der Waals surface area contributed by atoms with Crippen LogP contribution in [0.3, 0.4) is 0 Å². The minimum absolute atomic E-state index is 0.0318. The average Bonchev–Trinajstić information content (AvgIpc) is 2.90. The Hall–Kier alpha value is -1.36. The number of ketones is 1. The molecule has 1 aromatic carbocycles. The molecule has 0 unspecified atom stereocenters. The van der Waals surface area contributed by atoms with Crippen LogP contribution in [-0.2, 0) is 4.74 Å². The number of carbonyl (C=O) groups is 1. The molecule has 0 atom stereocenters. The molecule has 1 aliphatic heterocycles. The second-order valence-electron chi connectivity index (χ2n) is 5.22. The number of halogens is 1. The van der Waals surface area contributed by atoms with Crippen LogP contribution in [0, 0.1) is 5.41 Å². The van der Waals surface area contributed by atoms with Crippen LogP contribution in [0.1, 0.15) is 23.4 Å². The van der Waals surface area contributed by atoms with Gasteiger partial charge < -0.3 is 14.9 Å². The van der Waals surface area contributed by atoms with Crippen molar-refractivity contribution >= 4 is 28.4 Å². The van der Waals surface area contributed by atoms with Crippen LogP contribution in [0.4, 0.5) is 0 Å². The minimum atomic E-state index is -0.560. The molecule has 0 saturated carbocycles. The first-order valence-corrected chi connectivity index (χ1v) is 7.04. The Morgan fingerprint density at radius 2 is 2.05 bits per heavy atom. The van der Waals surface area contributed by atoms with E-state index in [1.165, 1.54) is 0 Å². The highest BCUT2D eigenvalue weighted by Crippen LogP contribution is 2.35. The van der Waals surface area contributed by atoms with Crippen molar-refractivity contribution in [3.05, 3.63) is 35.0 Å². The van der Waals surface area contributed by atoms with E-state index in [1.807, 2.05) is 0 Å². The summed E-state index contributed by atoms with van der Waals surface area (Å²) < 4.78 is 11.0. The van der Waals surface area contributed by atoms with Crippen LogP contribution >= 0.6 is 11.6 Å². The Balaban J connectivity index is 1.98. The molecule has 3 rings (SSSR count). The minimum Gasteiger partial charge on any atom is -0.453 e. The molecule has 2 aromatic rings. The second kappa shape index (κ2) is 5.20. The number of benzene rings is 1. The molecule has 1 saturated heterocycles. The summed E-state index contributed by atoms with van der Waals surface area (Å²) in [7, 11) is 0. The molecule has 0 aliphatic carbocycles. The zero-order valence-corrected chi connectivity index (χ0v) is 11.8. The lowest BCUT2D eigenvalue weighted by Crippen LogP contribution is -2.43. The highest BCUT2D eigenvalue weighted by Gasteiger charge is 2.40. The first kappa shape index (κ1) is 13.6. The monoisotopic (exact) mass is 293 g/mol. The topological polar surface area (TPSA) is 65.5 Å². The van der Waals surface area contributed by atoms with Crippen molar-refractivity contribution in [2.45, 2.75) is 12.8 Å². The normalized spacial score (nSPS) is 18.3. The van der Waals surface area contributed by atoms with Crippen molar-refractivity contribution in [2.24, 2.45) is 11.1 Å². The second-order valence-corrected chi connectivity index (χ2v) is 5.66. The summed E-state index contributed by atoms with van der Waals surface area (Å²) in [4.78, 5) is 12.7. The Morgan fingerprint density at radius 3 is 2.75 bits per heavy atom. The first-order chi connectivity index (χ1) is 9.64. The standard InChI is InChI=1S/C15H16ClNO3/c16-11-1-2-12-10(7-11)8-13(20-12)14(18)15(9-17)3-5-19-6-4-15/h1-2,7-8H,3-6,9,17H2. The fraction of sp³-hybridized carbons (Fsp3) is 0.400. The van der Waals surface area contributed by atoms with Gasteiger partial charge in [-0.25, -0.2) is 0 Å². The third-order valence-corrected chi connectivity index (χ3v) is 4.26. The molecule has 2 heterocycles. The molecule has 4 nitrogen and oxygen atoms in total. The zero-order chi connectivity index (χ0) is 14.2. The third-order valence-electron chi connectivity index (χ3n) is 4.02. The van der Waals surface area contributed by atoms with Gasteiger partial charge >= 0.3 is 0 Å². The molecule has 5 heteroatoms. The van der Waals surface area contributed by atoms with Gasteiger partial charge in [0.2, 0.25) is 5.78 Å². The SMILES string of the molecule is NCC1(C(=O)c2cc3cc(Cl)ccc3o2)CCOCC1. The maximum Gasteiger partial charge on any atom is 0.205 e. The van der Waals surface area contributed by atoms with Crippen LogP contribution in [0.2, 0.25) is 5.02 Å². The summed E-state index contributed by atoms with van der Waals surface area (Å²) in [6.45, 7) is 1.44. The Kier molecular flexibility index (Phi) is 3.54. The van der Waals surface area contributed by atoms with E-state index < -0.39 is 5.41 Å². The molecule has 1 aromatic heterocycles. The van der Waals surface area contributed by atoms with Crippen LogP contribution in [0.15, 0.2) is 28.7 Å². The number of hydrogen-bond donors (Lipinski definition) is 1. The van der Waals surface area contributed by atoms with E-state index in [-0.39, 0.29) is 5.78 Å². The summed E-state index contributed by atoms with van der Waals surface area (Å²) >= 11 is 5.95. The highest BCUT2D eigenvalue weighted by atomic mass is 35.5. The summed E-state index contributed by atoms with van der Waals surface area (Å²) in [5, 5.41) is 1.46. The van der Waals surface area contributed by atoms with E-state index in [0.29, 0.717) is 49.0 Å². The summed E-state index contributed by atoms with van der Waals surface area (Å²) in [6, 6.07) is 7.05. The maximum absolute atomic E-state index is 12.7. The number of rotatable bonds is 3. The molecule has 0 bridgehead atoms. The fourth-order valence-corrected chi connectivity index (χ4v) is 2.85. The summed E-state index contributed by atoms with van der Waals surface area (Å²) in [6.07, 6.45) is 1.28. The fourth-order valence-electron chi connectivity index (χ4n) is 2.67. The molecule has 1 fully saturated rings. The number of fused-ring (bicyclic) bond motifs is 1. The number of carbonyl (C=O) groups excluding carboxylic acids is 1. The van der Waals surface area contributed by atoms with Crippen LogP contribution < -0.4 is 5.73 Å². The van der Waals surface area contributed by atoms with E-state index in [2.05, 4.69) is 0 Å². The molecule has 0 amide bonds. The third kappa shape index (κ3) is 2.24. The molecule has 1 aliphatic rings. The molecular weight excluding hydrogens is 278 g/mol. The van der Waals surface area contributed by atoms with Gasteiger partial charge in [-0.05, 0) is 37.1 Å². The predicted octanol–water partition coefficient (Wildman–Crippen LogP) is 3.02. The molecule has 20 heavy (non-hydrogen) atoms. The van der Waals surface area contributed by atoms with E-state index >= 15 is 0 Å². The van der Waals surface area contributed by atoms with Gasteiger partial charge in [0.1, 0.15) is 5.58 Å². The van der Waals surface area contributed by atoms with E-state index in [4.69, 9.17) is 26.5 Å². The van der Waals surface area contributed by atoms with Crippen molar-refractivity contribution in [2.75, 3.05) is 19.8 Å². The molecule has 0 radical (unpaired) electrons. The maximum atomic E-state index is 12.7. The number of nitrogens with two attached hydrogens (primary N) is 1. The van der Waals surface area contributed by atoms with Gasteiger partial charge in [-0.3, -0.25) is 4.79 Å². The van der Waals surface area contributed by atoms with Gasteiger partial charge in [0, 0.05) is 30.2 Å². The molecule has 106 valence electrons. The van der Waals surface area contributed by atoms with Crippen molar-refractivity contribution in [3.8, 4) is 0 Å². The lowest BCUT2D eigenvalue weighted by Gasteiger charge is -2.33. The molecular formula is C15H16ClNO3. The largest absolute Gasteiger partial charge is 0.453 e. The van der Waals surface area contributed by atoms with Gasteiger partial charge in [0.15, 0.2) is 5.76 Å². The van der Waals surface area contributed by atoms with Crippen molar-refractivity contribution in [1.82, 2.24) is 0 Å². The molecule has 2 N–H and O–H groups in total. The summed E-state index contributed by atoms with van der Waals surface area (Å²) in [5.74, 6) is 0.324. The van der Waals surface area contributed by atoms with Gasteiger partial charge in [0.05, 0.1) is 5.41 Å². The molecule has 0 spiro atoms. The van der Waals surface area contributed by atoms with Gasteiger partial charge in [-0.2, -0.15) is 0 Å². The van der Waals surface area contributed by atoms with Crippen LogP contribution in [0.5, 0.6) is 0 Å². The van der Waals surface area contributed by atoms with Crippen LogP contribution in [-0.4, -0.2) is 25.5 Å².